The molecule has 0 aliphatic rings. The Labute approximate surface area is 129 Å². The summed E-state index contributed by atoms with van der Waals surface area (Å²) in [6.07, 6.45) is -0.0617. The fraction of sp³-hybridized carbons (Fsp3) is 0.133. The van der Waals surface area contributed by atoms with Crippen LogP contribution in [-0.2, 0) is 4.79 Å². The van der Waals surface area contributed by atoms with Gasteiger partial charge < -0.3 is 10.1 Å². The van der Waals surface area contributed by atoms with Gasteiger partial charge in [-0.2, -0.15) is 0 Å². The van der Waals surface area contributed by atoms with Crippen molar-refractivity contribution in [1.29, 1.82) is 0 Å². The zero-order chi connectivity index (χ0) is 16.8. The third kappa shape index (κ3) is 4.73. The SMILES string of the molecule is O=C(CCOc1ccc([N+](=O)[O-])cc1)Nc1ccc(F)cc1F. The lowest BCUT2D eigenvalue weighted by molar-refractivity contribution is -0.384. The van der Waals surface area contributed by atoms with E-state index in [0.29, 0.717) is 11.8 Å². The molecular weight excluding hydrogens is 310 g/mol. The number of hydrogen-bond acceptors (Lipinski definition) is 4. The third-order valence-electron chi connectivity index (χ3n) is 2.85. The molecule has 23 heavy (non-hydrogen) atoms. The molecule has 0 bridgehead atoms. The maximum absolute atomic E-state index is 13.4. The van der Waals surface area contributed by atoms with Gasteiger partial charge in [-0.15, -0.1) is 0 Å². The predicted octanol–water partition coefficient (Wildman–Crippen LogP) is 3.28. The first-order valence-electron chi connectivity index (χ1n) is 6.58. The van der Waals surface area contributed by atoms with Crippen molar-refractivity contribution in [3.8, 4) is 5.75 Å². The summed E-state index contributed by atoms with van der Waals surface area (Å²) in [5.41, 5.74) is -0.186. The summed E-state index contributed by atoms with van der Waals surface area (Å²) < 4.78 is 31.4. The van der Waals surface area contributed by atoms with Crippen LogP contribution in [0, 0.1) is 21.7 Å². The molecule has 1 N–H and O–H groups in total. The largest absolute Gasteiger partial charge is 0.493 e. The van der Waals surface area contributed by atoms with Gasteiger partial charge in [-0.25, -0.2) is 8.78 Å². The van der Waals surface area contributed by atoms with Crippen LogP contribution in [0.2, 0.25) is 0 Å². The number of anilines is 1. The second-order valence-corrected chi connectivity index (χ2v) is 4.52. The van der Waals surface area contributed by atoms with Crippen LogP contribution in [0.1, 0.15) is 6.42 Å². The number of carbonyl (C=O) groups excluding carboxylic acids is 1. The summed E-state index contributed by atoms with van der Waals surface area (Å²) in [5, 5.41) is 12.8. The number of nitro benzene ring substituents is 1. The lowest BCUT2D eigenvalue weighted by Crippen LogP contribution is -2.16. The minimum Gasteiger partial charge on any atom is -0.493 e. The van der Waals surface area contributed by atoms with Crippen LogP contribution in [0.5, 0.6) is 5.75 Å². The highest BCUT2D eigenvalue weighted by molar-refractivity contribution is 5.90. The van der Waals surface area contributed by atoms with Gasteiger partial charge in [0.1, 0.15) is 17.4 Å². The van der Waals surface area contributed by atoms with Gasteiger partial charge in [0.05, 0.1) is 23.6 Å². The number of ether oxygens (including phenoxy) is 1. The number of nitro groups is 1. The number of non-ortho nitro benzene ring substituents is 1. The topological polar surface area (TPSA) is 81.5 Å². The van der Waals surface area contributed by atoms with Crippen LogP contribution >= 0.6 is 0 Å². The van der Waals surface area contributed by atoms with E-state index in [-0.39, 0.29) is 24.4 Å². The second kappa shape index (κ2) is 7.30. The average Bonchev–Trinajstić information content (AvgIpc) is 2.50. The van der Waals surface area contributed by atoms with E-state index in [2.05, 4.69) is 5.32 Å². The first-order chi connectivity index (χ1) is 11.0. The number of amides is 1. The maximum Gasteiger partial charge on any atom is 0.269 e. The van der Waals surface area contributed by atoms with Crippen molar-refractivity contribution in [2.24, 2.45) is 0 Å². The highest BCUT2D eigenvalue weighted by Crippen LogP contribution is 2.18. The zero-order valence-corrected chi connectivity index (χ0v) is 11.8. The summed E-state index contributed by atoms with van der Waals surface area (Å²) in [7, 11) is 0. The van der Waals surface area contributed by atoms with Gasteiger partial charge in [0, 0.05) is 18.2 Å². The maximum atomic E-state index is 13.4. The van der Waals surface area contributed by atoms with Crippen molar-refractivity contribution in [3.05, 3.63) is 64.2 Å². The lowest BCUT2D eigenvalue weighted by atomic mass is 10.3. The number of nitrogens with one attached hydrogen (secondary N) is 1. The molecule has 0 saturated carbocycles. The van der Waals surface area contributed by atoms with Crippen molar-refractivity contribution in [1.82, 2.24) is 0 Å². The molecule has 120 valence electrons. The van der Waals surface area contributed by atoms with Crippen LogP contribution < -0.4 is 10.1 Å². The molecule has 1 amide bonds. The molecule has 0 fully saturated rings. The minimum absolute atomic E-state index is 0.00641. The molecular formula is C15H12F2N2O4. The summed E-state index contributed by atoms with van der Waals surface area (Å²) in [5.74, 6) is -1.73. The van der Waals surface area contributed by atoms with E-state index in [4.69, 9.17) is 4.74 Å². The normalized spacial score (nSPS) is 10.2. The Morgan fingerprint density at radius 2 is 1.87 bits per heavy atom. The van der Waals surface area contributed by atoms with Crippen molar-refractivity contribution in [2.75, 3.05) is 11.9 Å². The number of hydrogen-bond donors (Lipinski definition) is 1. The first kappa shape index (κ1) is 16.3. The number of nitrogens with zero attached hydrogens (tertiary/aromatic N) is 1. The van der Waals surface area contributed by atoms with Crippen molar-refractivity contribution in [2.45, 2.75) is 6.42 Å². The lowest BCUT2D eigenvalue weighted by Gasteiger charge is -2.08. The molecule has 2 aromatic carbocycles. The molecule has 0 aliphatic heterocycles. The molecule has 0 aliphatic carbocycles. The van der Waals surface area contributed by atoms with Crippen molar-refractivity contribution >= 4 is 17.3 Å². The van der Waals surface area contributed by atoms with Gasteiger partial charge in [0.25, 0.3) is 5.69 Å². The average molecular weight is 322 g/mol. The fourth-order valence-corrected chi connectivity index (χ4v) is 1.73. The molecule has 0 spiro atoms. The molecule has 0 aromatic heterocycles. The number of rotatable bonds is 6. The molecule has 8 heteroatoms. The van der Waals surface area contributed by atoms with Crippen molar-refractivity contribution < 1.29 is 23.2 Å². The molecule has 2 rings (SSSR count). The third-order valence-corrected chi connectivity index (χ3v) is 2.85. The molecule has 0 radical (unpaired) electrons. The van der Waals surface area contributed by atoms with Gasteiger partial charge in [-0.1, -0.05) is 0 Å². The Morgan fingerprint density at radius 1 is 1.17 bits per heavy atom. The van der Waals surface area contributed by atoms with Crippen LogP contribution in [-0.4, -0.2) is 17.4 Å². The Bertz CT molecular complexity index is 720. The van der Waals surface area contributed by atoms with E-state index in [1.807, 2.05) is 0 Å². The van der Waals surface area contributed by atoms with Gasteiger partial charge in [0.15, 0.2) is 0 Å². The Hall–Kier alpha value is -3.03. The Balaban J connectivity index is 1.81. The van der Waals surface area contributed by atoms with E-state index in [1.165, 1.54) is 24.3 Å². The number of carbonyl (C=O) groups is 1. The van der Waals surface area contributed by atoms with E-state index >= 15 is 0 Å². The molecule has 0 atom stereocenters. The minimum atomic E-state index is -0.866. The van der Waals surface area contributed by atoms with E-state index in [9.17, 15) is 23.7 Å². The van der Waals surface area contributed by atoms with Gasteiger partial charge in [0.2, 0.25) is 5.91 Å². The summed E-state index contributed by atoms with van der Waals surface area (Å²) in [6, 6.07) is 8.22. The highest BCUT2D eigenvalue weighted by atomic mass is 19.1. The first-order valence-corrected chi connectivity index (χ1v) is 6.58. The monoisotopic (exact) mass is 322 g/mol. The fourth-order valence-electron chi connectivity index (χ4n) is 1.73. The quantitative estimate of drug-likeness (QED) is 0.653. The van der Waals surface area contributed by atoms with Gasteiger partial charge in [-0.05, 0) is 24.3 Å². The van der Waals surface area contributed by atoms with Crippen molar-refractivity contribution in [3.63, 3.8) is 0 Å². The van der Waals surface area contributed by atoms with Crippen LogP contribution in [0.25, 0.3) is 0 Å². The Kier molecular flexibility index (Phi) is 5.19. The highest BCUT2D eigenvalue weighted by Gasteiger charge is 2.09. The zero-order valence-electron chi connectivity index (χ0n) is 11.8. The second-order valence-electron chi connectivity index (χ2n) is 4.52. The number of halogens is 2. The molecule has 6 nitrogen and oxygen atoms in total. The summed E-state index contributed by atoms with van der Waals surface area (Å²) in [4.78, 5) is 21.6. The standard InChI is InChI=1S/C15H12F2N2O4/c16-10-1-6-14(13(17)9-10)18-15(20)7-8-23-12-4-2-11(3-5-12)19(21)22/h1-6,9H,7-8H2,(H,18,20). The van der Waals surface area contributed by atoms with Gasteiger partial charge in [-0.3, -0.25) is 14.9 Å². The molecule has 0 heterocycles. The van der Waals surface area contributed by atoms with Gasteiger partial charge >= 0.3 is 0 Å². The Morgan fingerprint density at radius 3 is 2.48 bits per heavy atom. The molecule has 0 unspecified atom stereocenters. The number of benzene rings is 2. The van der Waals surface area contributed by atoms with Crippen LogP contribution in [0.15, 0.2) is 42.5 Å². The van der Waals surface area contributed by atoms with E-state index in [0.717, 1.165) is 12.1 Å². The molecule has 2 aromatic rings. The summed E-state index contributed by atoms with van der Waals surface area (Å²) >= 11 is 0. The van der Waals surface area contributed by atoms with E-state index < -0.39 is 22.5 Å². The predicted molar refractivity (Wildman–Crippen MR) is 78.2 cm³/mol. The molecule has 0 saturated heterocycles. The summed E-state index contributed by atoms with van der Waals surface area (Å²) in [6.45, 7) is 0.00641. The smallest absolute Gasteiger partial charge is 0.269 e. The van der Waals surface area contributed by atoms with Crippen LogP contribution in [0.4, 0.5) is 20.2 Å². The van der Waals surface area contributed by atoms with E-state index in [1.54, 1.807) is 0 Å². The van der Waals surface area contributed by atoms with Crippen LogP contribution in [0.3, 0.4) is 0 Å².